The molecular weight excluding hydrogens is 405 g/mol. The average Bonchev–Trinajstić information content (AvgIpc) is 2.75. The number of hydrogen-bond donors (Lipinski definition) is 0. The van der Waals surface area contributed by atoms with E-state index in [1.807, 2.05) is 43.3 Å². The summed E-state index contributed by atoms with van der Waals surface area (Å²) in [5, 5.41) is 0. The highest BCUT2D eigenvalue weighted by molar-refractivity contribution is 5.89. The fourth-order valence-corrected chi connectivity index (χ4v) is 3.43. The second kappa shape index (κ2) is 11.5. The zero-order valence-electron chi connectivity index (χ0n) is 17.3. The molecule has 0 aliphatic carbocycles. The molecule has 0 radical (unpaired) electrons. The van der Waals surface area contributed by atoms with Crippen LogP contribution in [-0.2, 0) is 14.3 Å². The highest BCUT2D eigenvalue weighted by Gasteiger charge is 2.18. The van der Waals surface area contributed by atoms with E-state index in [-0.39, 0.29) is 24.2 Å². The van der Waals surface area contributed by atoms with Crippen LogP contribution < -0.4 is 0 Å². The molecule has 1 aliphatic heterocycles. The number of aryl methyl sites for hydroxylation is 1. The van der Waals surface area contributed by atoms with Gasteiger partial charge in [-0.05, 0) is 30.5 Å². The summed E-state index contributed by atoms with van der Waals surface area (Å²) in [5.74, 6) is -0.564. The summed E-state index contributed by atoms with van der Waals surface area (Å²) >= 11 is 0. The summed E-state index contributed by atoms with van der Waals surface area (Å²) < 4.78 is 25.1. The maximum atomic E-state index is 14.5. The minimum atomic E-state index is -0.283. The summed E-state index contributed by atoms with van der Waals surface area (Å²) in [4.78, 5) is 13.9. The first-order valence-corrected chi connectivity index (χ1v) is 9.72. The second-order valence-corrected chi connectivity index (χ2v) is 6.98. The van der Waals surface area contributed by atoms with Gasteiger partial charge < -0.3 is 9.47 Å². The highest BCUT2D eigenvalue weighted by Crippen LogP contribution is 2.28. The van der Waals surface area contributed by atoms with E-state index in [0.29, 0.717) is 30.8 Å². The number of halogens is 2. The van der Waals surface area contributed by atoms with Crippen LogP contribution in [0.1, 0.15) is 23.1 Å². The lowest BCUT2D eigenvalue weighted by atomic mass is 9.95. The number of benzene rings is 2. The van der Waals surface area contributed by atoms with Crippen LogP contribution in [0.4, 0.5) is 4.39 Å². The van der Waals surface area contributed by atoms with E-state index in [4.69, 9.17) is 9.47 Å². The standard InChI is InChI=1S/C24H26FNO3.ClH/c1-18-8-3-4-10-20(18)22(21-11-5-6-12-23(21)25)17-29-15-14-26-13-7-9-19(16-26)24(27)28-2;/h3-6,8-12,17H,7,13-16H2,1-2H3;1H. The molecule has 0 bridgehead atoms. The van der Waals surface area contributed by atoms with Gasteiger partial charge in [0.2, 0.25) is 0 Å². The van der Waals surface area contributed by atoms with Gasteiger partial charge in [-0.1, -0.05) is 48.5 Å². The van der Waals surface area contributed by atoms with Crippen LogP contribution in [0.5, 0.6) is 0 Å². The van der Waals surface area contributed by atoms with E-state index in [1.165, 1.54) is 13.2 Å². The Kier molecular flexibility index (Phi) is 9.09. The fraction of sp³-hybridized carbons (Fsp3) is 0.292. The molecule has 1 aliphatic rings. The van der Waals surface area contributed by atoms with Crippen LogP contribution in [0.25, 0.3) is 5.57 Å². The third kappa shape index (κ3) is 5.94. The summed E-state index contributed by atoms with van der Waals surface area (Å²) in [6.45, 7) is 4.53. The Balaban J connectivity index is 0.00000320. The van der Waals surface area contributed by atoms with Gasteiger partial charge in [-0.25, -0.2) is 9.18 Å². The van der Waals surface area contributed by atoms with Crippen molar-refractivity contribution in [3.05, 3.63) is 88.9 Å². The van der Waals surface area contributed by atoms with Crippen LogP contribution in [0.3, 0.4) is 0 Å². The topological polar surface area (TPSA) is 38.8 Å². The predicted molar refractivity (Wildman–Crippen MR) is 119 cm³/mol. The zero-order valence-corrected chi connectivity index (χ0v) is 18.1. The highest BCUT2D eigenvalue weighted by atomic mass is 35.5. The van der Waals surface area contributed by atoms with E-state index in [1.54, 1.807) is 18.4 Å². The largest absolute Gasteiger partial charge is 0.499 e. The van der Waals surface area contributed by atoms with Gasteiger partial charge in [0.25, 0.3) is 0 Å². The van der Waals surface area contributed by atoms with Gasteiger partial charge >= 0.3 is 5.97 Å². The van der Waals surface area contributed by atoms with E-state index in [0.717, 1.165) is 29.7 Å². The molecule has 0 saturated heterocycles. The van der Waals surface area contributed by atoms with Gasteiger partial charge in [-0.15, -0.1) is 12.4 Å². The van der Waals surface area contributed by atoms with Crippen molar-refractivity contribution in [3.63, 3.8) is 0 Å². The number of ether oxygens (including phenoxy) is 2. The van der Waals surface area contributed by atoms with Gasteiger partial charge in [-0.2, -0.15) is 0 Å². The molecular formula is C24H27ClFNO3. The van der Waals surface area contributed by atoms with Crippen molar-refractivity contribution in [2.24, 2.45) is 0 Å². The third-order valence-corrected chi connectivity index (χ3v) is 5.00. The number of rotatable bonds is 7. The van der Waals surface area contributed by atoms with Crippen molar-refractivity contribution >= 4 is 23.9 Å². The first-order valence-electron chi connectivity index (χ1n) is 9.72. The number of carbonyl (C=O) groups is 1. The molecule has 0 aromatic heterocycles. The molecule has 2 aromatic rings. The molecule has 0 saturated carbocycles. The lowest BCUT2D eigenvalue weighted by Crippen LogP contribution is -2.34. The molecule has 1 heterocycles. The second-order valence-electron chi connectivity index (χ2n) is 6.98. The van der Waals surface area contributed by atoms with Gasteiger partial charge in [0.1, 0.15) is 12.4 Å². The van der Waals surface area contributed by atoms with Crippen molar-refractivity contribution in [1.29, 1.82) is 0 Å². The van der Waals surface area contributed by atoms with Crippen molar-refractivity contribution in [3.8, 4) is 0 Å². The lowest BCUT2D eigenvalue weighted by Gasteiger charge is -2.25. The summed E-state index contributed by atoms with van der Waals surface area (Å²) in [6.07, 6.45) is 4.38. The Morgan fingerprint density at radius 3 is 2.53 bits per heavy atom. The molecule has 2 aromatic carbocycles. The number of carbonyl (C=O) groups excluding carboxylic acids is 1. The number of methoxy groups -OCH3 is 1. The van der Waals surface area contributed by atoms with Gasteiger partial charge in [0.15, 0.2) is 0 Å². The van der Waals surface area contributed by atoms with Crippen molar-refractivity contribution in [1.82, 2.24) is 4.90 Å². The van der Waals surface area contributed by atoms with Crippen LogP contribution in [0.15, 0.2) is 66.4 Å². The summed E-state index contributed by atoms with van der Waals surface area (Å²) in [7, 11) is 1.39. The van der Waals surface area contributed by atoms with Gasteiger partial charge in [0, 0.05) is 36.3 Å². The molecule has 0 spiro atoms. The Bertz CT molecular complexity index is 879. The minimum Gasteiger partial charge on any atom is -0.499 e. The number of esters is 1. The maximum absolute atomic E-state index is 14.5. The van der Waals surface area contributed by atoms with Crippen LogP contribution in [-0.4, -0.2) is 44.2 Å². The first kappa shape index (κ1) is 23.6. The molecule has 30 heavy (non-hydrogen) atoms. The number of hydrogen-bond acceptors (Lipinski definition) is 4. The monoisotopic (exact) mass is 431 g/mol. The van der Waals surface area contributed by atoms with Crippen molar-refractivity contribution in [2.45, 2.75) is 13.3 Å². The van der Waals surface area contributed by atoms with E-state index >= 15 is 0 Å². The molecule has 4 nitrogen and oxygen atoms in total. The minimum absolute atomic E-state index is 0. The third-order valence-electron chi connectivity index (χ3n) is 5.00. The molecule has 0 N–H and O–H groups in total. The van der Waals surface area contributed by atoms with Crippen LogP contribution >= 0.6 is 12.4 Å². The fourth-order valence-electron chi connectivity index (χ4n) is 3.43. The Morgan fingerprint density at radius 1 is 1.13 bits per heavy atom. The van der Waals surface area contributed by atoms with Crippen LogP contribution in [0, 0.1) is 12.7 Å². The molecule has 3 rings (SSSR count). The molecule has 0 amide bonds. The molecule has 160 valence electrons. The van der Waals surface area contributed by atoms with E-state index in [9.17, 15) is 9.18 Å². The van der Waals surface area contributed by atoms with Gasteiger partial charge in [0.05, 0.1) is 13.4 Å². The predicted octanol–water partition coefficient (Wildman–Crippen LogP) is 4.77. The molecule has 6 heteroatoms. The van der Waals surface area contributed by atoms with Gasteiger partial charge in [-0.3, -0.25) is 4.90 Å². The Labute approximate surface area is 183 Å². The average molecular weight is 432 g/mol. The number of nitrogens with zero attached hydrogens (tertiary/aromatic N) is 1. The quantitative estimate of drug-likeness (QED) is 0.359. The van der Waals surface area contributed by atoms with Crippen LogP contribution in [0.2, 0.25) is 0 Å². The SMILES string of the molecule is COC(=O)C1=CCCN(CCOC=C(c2ccccc2C)c2ccccc2F)C1.Cl. The summed E-state index contributed by atoms with van der Waals surface area (Å²) in [6, 6.07) is 14.6. The molecule has 0 fully saturated rings. The maximum Gasteiger partial charge on any atom is 0.334 e. The lowest BCUT2D eigenvalue weighted by molar-refractivity contribution is -0.136. The van der Waals surface area contributed by atoms with E-state index in [2.05, 4.69) is 4.90 Å². The Hall–Kier alpha value is -2.63. The molecule has 0 unspecified atom stereocenters. The molecule has 0 atom stereocenters. The summed E-state index contributed by atoms with van der Waals surface area (Å²) in [5.41, 5.74) is 3.90. The zero-order chi connectivity index (χ0) is 20.6. The van der Waals surface area contributed by atoms with Crippen molar-refractivity contribution < 1.29 is 18.7 Å². The van der Waals surface area contributed by atoms with Crippen molar-refractivity contribution in [2.75, 3.05) is 33.4 Å². The smallest absolute Gasteiger partial charge is 0.334 e. The first-order chi connectivity index (χ1) is 14.1. The van der Waals surface area contributed by atoms with E-state index < -0.39 is 0 Å². The Morgan fingerprint density at radius 2 is 1.83 bits per heavy atom. The normalized spacial score (nSPS) is 14.5.